The van der Waals surface area contributed by atoms with Gasteiger partial charge in [-0.1, -0.05) is 30.2 Å². The van der Waals surface area contributed by atoms with E-state index in [4.69, 9.17) is 9.84 Å². The van der Waals surface area contributed by atoms with E-state index < -0.39 is 11.4 Å². The minimum absolute atomic E-state index is 0.0343. The highest BCUT2D eigenvalue weighted by atomic mass is 16.5. The molecule has 2 aromatic rings. The largest absolute Gasteiger partial charge is 0.497 e. The van der Waals surface area contributed by atoms with E-state index >= 15 is 0 Å². The summed E-state index contributed by atoms with van der Waals surface area (Å²) in [4.78, 5) is 23.7. The molecule has 138 valence electrons. The Hall–Kier alpha value is -2.90. The molecule has 1 fully saturated rings. The molecule has 2 N–H and O–H groups in total. The van der Waals surface area contributed by atoms with Crippen LogP contribution >= 0.6 is 0 Å². The van der Waals surface area contributed by atoms with Crippen LogP contribution in [0.2, 0.25) is 0 Å². The van der Waals surface area contributed by atoms with Crippen LogP contribution in [0.4, 0.5) is 0 Å². The number of ether oxygens (including phenoxy) is 1. The number of carboxylic acids is 1. The molecule has 26 heavy (non-hydrogen) atoms. The van der Waals surface area contributed by atoms with Gasteiger partial charge in [0.15, 0.2) is 0 Å². The van der Waals surface area contributed by atoms with Gasteiger partial charge in [-0.2, -0.15) is 0 Å². The Morgan fingerprint density at radius 1 is 1.27 bits per heavy atom. The van der Waals surface area contributed by atoms with Crippen molar-refractivity contribution in [3.8, 4) is 5.75 Å². The normalized spacial score (nSPS) is 15.6. The number of carbonyl (C=O) groups excluding carboxylic acids is 1. The summed E-state index contributed by atoms with van der Waals surface area (Å²) in [6.07, 6.45) is 5.15. The van der Waals surface area contributed by atoms with Gasteiger partial charge < -0.3 is 15.2 Å². The maximum atomic E-state index is 13.0. The van der Waals surface area contributed by atoms with Gasteiger partial charge in [-0.25, -0.2) is 4.68 Å². The second-order valence-electron chi connectivity index (χ2n) is 6.50. The summed E-state index contributed by atoms with van der Waals surface area (Å²) in [5, 5.41) is 19.4. The predicted octanol–water partition coefficient (Wildman–Crippen LogP) is 1.50. The van der Waals surface area contributed by atoms with Crippen molar-refractivity contribution < 1.29 is 19.4 Å². The van der Waals surface area contributed by atoms with E-state index in [2.05, 4.69) is 15.6 Å². The SMILES string of the molecule is COc1ccc(C2(C(=O)NCc3cn(CC(=O)O)nn3)CCCC2)cc1. The van der Waals surface area contributed by atoms with Crippen LogP contribution in [0, 0.1) is 0 Å². The molecule has 0 radical (unpaired) electrons. The zero-order chi connectivity index (χ0) is 18.6. The summed E-state index contributed by atoms with van der Waals surface area (Å²) in [6, 6.07) is 7.65. The zero-order valence-electron chi connectivity index (χ0n) is 14.6. The highest BCUT2D eigenvalue weighted by Crippen LogP contribution is 2.41. The number of hydrogen-bond donors (Lipinski definition) is 2. The van der Waals surface area contributed by atoms with Crippen molar-refractivity contribution in [3.63, 3.8) is 0 Å². The number of rotatable bonds is 7. The predicted molar refractivity (Wildman–Crippen MR) is 92.6 cm³/mol. The minimum atomic E-state index is -0.991. The molecule has 1 heterocycles. The molecular formula is C18H22N4O4. The van der Waals surface area contributed by atoms with Crippen molar-refractivity contribution in [1.82, 2.24) is 20.3 Å². The molecule has 0 saturated heterocycles. The van der Waals surface area contributed by atoms with Crippen molar-refractivity contribution in [2.24, 2.45) is 0 Å². The van der Waals surface area contributed by atoms with E-state index in [1.807, 2.05) is 24.3 Å². The molecule has 1 aromatic carbocycles. The Labute approximate surface area is 151 Å². The van der Waals surface area contributed by atoms with Gasteiger partial charge in [0, 0.05) is 0 Å². The Balaban J connectivity index is 1.70. The summed E-state index contributed by atoms with van der Waals surface area (Å²) in [6.45, 7) is -0.0346. The van der Waals surface area contributed by atoms with Crippen molar-refractivity contribution in [2.75, 3.05) is 7.11 Å². The molecule has 1 amide bonds. The smallest absolute Gasteiger partial charge is 0.325 e. The number of hydrogen-bond acceptors (Lipinski definition) is 5. The summed E-state index contributed by atoms with van der Waals surface area (Å²) in [5.41, 5.74) is 0.980. The first-order valence-electron chi connectivity index (χ1n) is 8.57. The van der Waals surface area contributed by atoms with Crippen molar-refractivity contribution in [2.45, 2.75) is 44.2 Å². The van der Waals surface area contributed by atoms with Crippen molar-refractivity contribution >= 4 is 11.9 Å². The molecule has 1 aromatic heterocycles. The summed E-state index contributed by atoms with van der Waals surface area (Å²) in [5.74, 6) is -0.264. The Kier molecular flexibility index (Phi) is 5.20. The number of aromatic nitrogens is 3. The lowest BCUT2D eigenvalue weighted by molar-refractivity contribution is -0.138. The van der Waals surface area contributed by atoms with E-state index in [1.54, 1.807) is 7.11 Å². The van der Waals surface area contributed by atoms with Gasteiger partial charge in [-0.05, 0) is 30.5 Å². The standard InChI is InChI=1S/C18H22N4O4/c1-26-15-6-4-13(5-7-15)18(8-2-3-9-18)17(25)19-10-14-11-22(21-20-14)12-16(23)24/h4-7,11H,2-3,8-10,12H2,1H3,(H,19,25)(H,23,24). The van der Waals surface area contributed by atoms with Crippen molar-refractivity contribution in [1.29, 1.82) is 0 Å². The number of nitrogens with one attached hydrogen (secondary N) is 1. The molecule has 3 rings (SSSR count). The lowest BCUT2D eigenvalue weighted by atomic mass is 9.78. The van der Waals surface area contributed by atoms with Crippen LogP contribution in [0.25, 0.3) is 0 Å². The lowest BCUT2D eigenvalue weighted by Crippen LogP contribution is -2.42. The van der Waals surface area contributed by atoms with E-state index in [9.17, 15) is 9.59 Å². The average Bonchev–Trinajstić information content (AvgIpc) is 3.29. The number of nitrogens with zero attached hydrogens (tertiary/aromatic N) is 3. The fourth-order valence-electron chi connectivity index (χ4n) is 3.51. The number of benzene rings is 1. The van der Waals surface area contributed by atoms with E-state index in [1.165, 1.54) is 10.9 Å². The van der Waals surface area contributed by atoms with Gasteiger partial charge in [0.25, 0.3) is 0 Å². The highest BCUT2D eigenvalue weighted by molar-refractivity contribution is 5.88. The Morgan fingerprint density at radius 2 is 1.96 bits per heavy atom. The molecule has 1 aliphatic rings. The second-order valence-corrected chi connectivity index (χ2v) is 6.50. The first-order valence-corrected chi connectivity index (χ1v) is 8.57. The first-order chi connectivity index (χ1) is 12.5. The van der Waals surface area contributed by atoms with Gasteiger partial charge in [-0.3, -0.25) is 9.59 Å². The highest BCUT2D eigenvalue weighted by Gasteiger charge is 2.42. The van der Waals surface area contributed by atoms with Crippen molar-refractivity contribution in [3.05, 3.63) is 41.7 Å². The number of methoxy groups -OCH3 is 1. The molecule has 8 nitrogen and oxygen atoms in total. The quantitative estimate of drug-likeness (QED) is 0.777. The summed E-state index contributed by atoms with van der Waals surface area (Å²) < 4.78 is 6.44. The maximum Gasteiger partial charge on any atom is 0.325 e. The zero-order valence-corrected chi connectivity index (χ0v) is 14.6. The van der Waals surface area contributed by atoms with E-state index in [-0.39, 0.29) is 19.0 Å². The molecule has 8 heteroatoms. The van der Waals surface area contributed by atoms with Gasteiger partial charge in [0.1, 0.15) is 18.0 Å². The summed E-state index contributed by atoms with van der Waals surface area (Å²) in [7, 11) is 1.62. The van der Waals surface area contributed by atoms with Crippen LogP contribution in [-0.4, -0.2) is 39.1 Å². The maximum absolute atomic E-state index is 13.0. The van der Waals surface area contributed by atoms with Gasteiger partial charge in [-0.15, -0.1) is 5.10 Å². The fraction of sp³-hybridized carbons (Fsp3) is 0.444. The van der Waals surface area contributed by atoms with Crippen LogP contribution in [0.1, 0.15) is 36.9 Å². The van der Waals surface area contributed by atoms with Gasteiger partial charge in [0.2, 0.25) is 5.91 Å². The van der Waals surface area contributed by atoms with E-state index in [0.29, 0.717) is 5.69 Å². The van der Waals surface area contributed by atoms with Crippen LogP contribution < -0.4 is 10.1 Å². The Morgan fingerprint density at radius 3 is 2.58 bits per heavy atom. The molecule has 0 unspecified atom stereocenters. The third-order valence-corrected chi connectivity index (χ3v) is 4.85. The topological polar surface area (TPSA) is 106 Å². The second kappa shape index (κ2) is 7.55. The molecule has 0 bridgehead atoms. The Bertz CT molecular complexity index is 779. The van der Waals surface area contributed by atoms with Crippen LogP contribution in [0.5, 0.6) is 5.75 Å². The first kappa shape index (κ1) is 17.9. The number of carboxylic acid groups (broad SMARTS) is 1. The third kappa shape index (κ3) is 3.68. The molecular weight excluding hydrogens is 336 g/mol. The molecule has 0 aliphatic heterocycles. The van der Waals surface area contributed by atoms with Crippen LogP contribution in [0.15, 0.2) is 30.5 Å². The van der Waals surface area contributed by atoms with Gasteiger partial charge in [0.05, 0.1) is 25.3 Å². The average molecular weight is 358 g/mol. The molecule has 0 atom stereocenters. The third-order valence-electron chi connectivity index (χ3n) is 4.85. The lowest BCUT2D eigenvalue weighted by Gasteiger charge is -2.28. The van der Waals surface area contributed by atoms with Crippen LogP contribution in [0.3, 0.4) is 0 Å². The number of amides is 1. The summed E-state index contributed by atoms with van der Waals surface area (Å²) >= 11 is 0. The van der Waals surface area contributed by atoms with Crippen LogP contribution in [-0.2, 0) is 28.1 Å². The fourth-order valence-corrected chi connectivity index (χ4v) is 3.51. The monoisotopic (exact) mass is 358 g/mol. The number of carbonyl (C=O) groups is 2. The minimum Gasteiger partial charge on any atom is -0.497 e. The molecule has 1 saturated carbocycles. The van der Waals surface area contributed by atoms with Gasteiger partial charge >= 0.3 is 5.97 Å². The number of aliphatic carboxylic acids is 1. The molecule has 0 spiro atoms. The van der Waals surface area contributed by atoms with E-state index in [0.717, 1.165) is 37.0 Å². The molecule has 1 aliphatic carbocycles.